The van der Waals surface area contributed by atoms with E-state index < -0.39 is 10.8 Å². The lowest BCUT2D eigenvalue weighted by Crippen LogP contribution is -2.28. The van der Waals surface area contributed by atoms with Gasteiger partial charge < -0.3 is 15.0 Å². The molecule has 1 aliphatic heterocycles. The third-order valence-electron chi connectivity index (χ3n) is 4.27. The van der Waals surface area contributed by atoms with E-state index in [2.05, 4.69) is 5.32 Å². The van der Waals surface area contributed by atoms with E-state index in [9.17, 15) is 19.7 Å². The molecular weight excluding hydrogens is 374 g/mol. The molecule has 0 aliphatic carbocycles. The van der Waals surface area contributed by atoms with Crippen LogP contribution in [-0.4, -0.2) is 30.4 Å². The second-order valence-electron chi connectivity index (χ2n) is 6.01. The average molecular weight is 390 g/mol. The van der Waals surface area contributed by atoms with Crippen molar-refractivity contribution in [3.05, 3.63) is 57.6 Å². The number of hydrogen-bond acceptors (Lipinski definition) is 5. The van der Waals surface area contributed by atoms with Crippen LogP contribution in [0.4, 0.5) is 17.1 Å². The minimum absolute atomic E-state index is 0.0501. The number of rotatable bonds is 5. The van der Waals surface area contributed by atoms with Gasteiger partial charge in [0.15, 0.2) is 0 Å². The van der Waals surface area contributed by atoms with Crippen LogP contribution >= 0.6 is 11.6 Å². The van der Waals surface area contributed by atoms with Gasteiger partial charge in [0, 0.05) is 35.8 Å². The van der Waals surface area contributed by atoms with E-state index in [0.717, 1.165) is 0 Å². The quantitative estimate of drug-likeness (QED) is 0.624. The molecule has 0 bridgehead atoms. The van der Waals surface area contributed by atoms with E-state index in [-0.39, 0.29) is 30.5 Å². The third kappa shape index (κ3) is 4.01. The van der Waals surface area contributed by atoms with Crippen molar-refractivity contribution >= 4 is 40.5 Å². The molecule has 2 aromatic carbocycles. The summed E-state index contributed by atoms with van der Waals surface area (Å²) in [5.74, 6) is -0.610. The number of nitro groups is 1. The van der Waals surface area contributed by atoms with Gasteiger partial charge in [-0.25, -0.2) is 0 Å². The molecule has 1 heterocycles. The molecule has 0 radical (unpaired) electrons. The van der Waals surface area contributed by atoms with Crippen molar-refractivity contribution in [1.82, 2.24) is 0 Å². The lowest BCUT2D eigenvalue weighted by Gasteiger charge is -2.19. The predicted octanol–water partition coefficient (Wildman–Crippen LogP) is 3.25. The average Bonchev–Trinajstić information content (AvgIpc) is 3.04. The van der Waals surface area contributed by atoms with Gasteiger partial charge in [0.25, 0.3) is 5.69 Å². The zero-order valence-corrected chi connectivity index (χ0v) is 15.1. The van der Waals surface area contributed by atoms with Gasteiger partial charge in [-0.1, -0.05) is 11.6 Å². The number of methoxy groups -OCH3 is 1. The number of non-ortho nitro benzene ring substituents is 1. The summed E-state index contributed by atoms with van der Waals surface area (Å²) in [6, 6.07) is 10.4. The Kier molecular flexibility index (Phi) is 5.27. The third-order valence-corrected chi connectivity index (χ3v) is 4.51. The molecule has 27 heavy (non-hydrogen) atoms. The summed E-state index contributed by atoms with van der Waals surface area (Å²) < 4.78 is 5.27. The molecular formula is C18H16ClN3O5. The first-order valence-corrected chi connectivity index (χ1v) is 8.46. The number of nitro benzene ring substituents is 1. The topological polar surface area (TPSA) is 102 Å². The van der Waals surface area contributed by atoms with E-state index >= 15 is 0 Å². The lowest BCUT2D eigenvalue weighted by atomic mass is 10.1. The van der Waals surface area contributed by atoms with Crippen LogP contribution in [0.25, 0.3) is 0 Å². The fourth-order valence-electron chi connectivity index (χ4n) is 2.90. The van der Waals surface area contributed by atoms with Gasteiger partial charge in [-0.05, 0) is 30.3 Å². The van der Waals surface area contributed by atoms with Crippen LogP contribution in [0.15, 0.2) is 42.5 Å². The first-order chi connectivity index (χ1) is 12.9. The van der Waals surface area contributed by atoms with Crippen LogP contribution in [0, 0.1) is 16.0 Å². The Hall–Kier alpha value is -3.13. The summed E-state index contributed by atoms with van der Waals surface area (Å²) in [5.41, 5.74) is 0.876. The van der Waals surface area contributed by atoms with Crippen molar-refractivity contribution < 1.29 is 19.2 Å². The minimum atomic E-state index is -0.559. The van der Waals surface area contributed by atoms with E-state index in [1.54, 1.807) is 18.2 Å². The standard InChI is InChI=1S/C18H16ClN3O5/c1-27-16-7-2-12(19)9-15(16)21-10-11(8-17(21)23)18(24)20-13-3-5-14(6-4-13)22(25)26/h2-7,9,11H,8,10H2,1H3,(H,20,24)/t11-/m0/s1. The maximum Gasteiger partial charge on any atom is 0.269 e. The fraction of sp³-hybridized carbons (Fsp3) is 0.222. The zero-order chi connectivity index (χ0) is 19.6. The summed E-state index contributed by atoms with van der Waals surface area (Å²) in [4.78, 5) is 36.6. The van der Waals surface area contributed by atoms with Gasteiger partial charge in [-0.2, -0.15) is 0 Å². The first-order valence-electron chi connectivity index (χ1n) is 8.08. The monoisotopic (exact) mass is 389 g/mol. The highest BCUT2D eigenvalue weighted by molar-refractivity contribution is 6.31. The van der Waals surface area contributed by atoms with Gasteiger partial charge in [0.05, 0.1) is 23.6 Å². The van der Waals surface area contributed by atoms with Crippen LogP contribution in [0.3, 0.4) is 0 Å². The largest absolute Gasteiger partial charge is 0.495 e. The summed E-state index contributed by atoms with van der Waals surface area (Å²) >= 11 is 6.02. The van der Waals surface area contributed by atoms with Crippen molar-refractivity contribution in [2.75, 3.05) is 23.9 Å². The molecule has 2 amide bonds. The molecule has 140 valence electrons. The maximum absolute atomic E-state index is 12.5. The van der Waals surface area contributed by atoms with Crippen molar-refractivity contribution in [1.29, 1.82) is 0 Å². The number of hydrogen-bond donors (Lipinski definition) is 1. The summed E-state index contributed by atoms with van der Waals surface area (Å²) in [6.07, 6.45) is 0.0501. The molecule has 9 heteroatoms. The number of amides is 2. The van der Waals surface area contributed by atoms with Crippen LogP contribution < -0.4 is 15.0 Å². The second-order valence-corrected chi connectivity index (χ2v) is 6.45. The molecule has 0 unspecified atom stereocenters. The Labute approximate surface area is 159 Å². The number of carbonyl (C=O) groups is 2. The van der Waals surface area contributed by atoms with Gasteiger partial charge in [-0.3, -0.25) is 19.7 Å². The predicted molar refractivity (Wildman–Crippen MR) is 100 cm³/mol. The Bertz CT molecular complexity index is 900. The zero-order valence-electron chi connectivity index (χ0n) is 14.3. The molecule has 8 nitrogen and oxygen atoms in total. The molecule has 0 saturated carbocycles. The van der Waals surface area contributed by atoms with Crippen LogP contribution in [-0.2, 0) is 9.59 Å². The molecule has 0 aromatic heterocycles. The summed E-state index contributed by atoms with van der Waals surface area (Å²) in [7, 11) is 1.49. The van der Waals surface area contributed by atoms with Gasteiger partial charge in [0.2, 0.25) is 11.8 Å². The molecule has 1 N–H and O–H groups in total. The molecule has 1 fully saturated rings. The molecule has 1 saturated heterocycles. The van der Waals surface area contributed by atoms with Crippen molar-refractivity contribution in [2.24, 2.45) is 5.92 Å². The van der Waals surface area contributed by atoms with Crippen molar-refractivity contribution in [3.8, 4) is 5.75 Å². The molecule has 0 spiro atoms. The number of benzene rings is 2. The van der Waals surface area contributed by atoms with E-state index in [1.165, 1.54) is 36.3 Å². The first kappa shape index (κ1) is 18.7. The molecule has 2 aromatic rings. The highest BCUT2D eigenvalue weighted by Gasteiger charge is 2.36. The SMILES string of the molecule is COc1ccc(Cl)cc1N1C[C@@H](C(=O)Nc2ccc([N+](=O)[O-])cc2)CC1=O. The van der Waals surface area contributed by atoms with E-state index in [1.807, 2.05) is 0 Å². The summed E-state index contributed by atoms with van der Waals surface area (Å²) in [5, 5.41) is 13.8. The highest BCUT2D eigenvalue weighted by Crippen LogP contribution is 2.35. The van der Waals surface area contributed by atoms with E-state index in [4.69, 9.17) is 16.3 Å². The fourth-order valence-corrected chi connectivity index (χ4v) is 3.07. The second kappa shape index (κ2) is 7.63. The van der Waals surface area contributed by atoms with Crippen LogP contribution in [0.1, 0.15) is 6.42 Å². The van der Waals surface area contributed by atoms with Gasteiger partial charge >= 0.3 is 0 Å². The van der Waals surface area contributed by atoms with Crippen molar-refractivity contribution in [3.63, 3.8) is 0 Å². The maximum atomic E-state index is 12.5. The smallest absolute Gasteiger partial charge is 0.269 e. The normalized spacial score (nSPS) is 16.3. The van der Waals surface area contributed by atoms with Crippen molar-refractivity contribution in [2.45, 2.75) is 6.42 Å². The number of anilines is 2. The highest BCUT2D eigenvalue weighted by atomic mass is 35.5. The molecule has 1 aliphatic rings. The van der Waals surface area contributed by atoms with E-state index in [0.29, 0.717) is 22.1 Å². The van der Waals surface area contributed by atoms with Crippen LogP contribution in [0.5, 0.6) is 5.75 Å². The number of nitrogens with one attached hydrogen (secondary N) is 1. The van der Waals surface area contributed by atoms with Crippen LogP contribution in [0.2, 0.25) is 5.02 Å². The summed E-state index contributed by atoms with van der Waals surface area (Å²) in [6.45, 7) is 0.189. The Morgan fingerprint density at radius 1 is 1.30 bits per heavy atom. The molecule has 3 rings (SSSR count). The Balaban J connectivity index is 1.72. The van der Waals surface area contributed by atoms with Gasteiger partial charge in [0.1, 0.15) is 5.75 Å². The van der Waals surface area contributed by atoms with Gasteiger partial charge in [-0.15, -0.1) is 0 Å². The molecule has 1 atom stereocenters. The number of ether oxygens (including phenoxy) is 1. The Morgan fingerprint density at radius 2 is 2.00 bits per heavy atom. The number of halogens is 1. The number of carbonyl (C=O) groups excluding carboxylic acids is 2. The minimum Gasteiger partial charge on any atom is -0.495 e. The Morgan fingerprint density at radius 3 is 2.63 bits per heavy atom. The number of nitrogens with zero attached hydrogens (tertiary/aromatic N) is 2. The lowest BCUT2D eigenvalue weighted by molar-refractivity contribution is -0.384.